The first-order valence-electron chi connectivity index (χ1n) is 7.17. The number of hydrogen-bond donors (Lipinski definition) is 0. The SMILES string of the molecule is CC1(C)CN=C(N2CCN(c3ccc(C#N)nc3)CC2)S1. The highest BCUT2D eigenvalue weighted by molar-refractivity contribution is 8.15. The Balaban J connectivity index is 1.59. The van der Waals surface area contributed by atoms with Crippen LogP contribution in [0.15, 0.2) is 23.3 Å². The molecule has 2 aliphatic heterocycles. The van der Waals surface area contributed by atoms with Crippen LogP contribution in [0.25, 0.3) is 0 Å². The van der Waals surface area contributed by atoms with E-state index in [-0.39, 0.29) is 4.75 Å². The third kappa shape index (κ3) is 3.13. The zero-order valence-electron chi connectivity index (χ0n) is 12.4. The second kappa shape index (κ2) is 5.57. The topological polar surface area (TPSA) is 55.5 Å². The van der Waals surface area contributed by atoms with E-state index in [9.17, 15) is 0 Å². The van der Waals surface area contributed by atoms with Crippen LogP contribution in [0.1, 0.15) is 19.5 Å². The van der Waals surface area contributed by atoms with Crippen molar-refractivity contribution in [3.63, 3.8) is 0 Å². The Hall–Kier alpha value is -1.74. The standard InChI is InChI=1S/C15H19N5S/c1-15(2)11-18-14(21-15)20-7-5-19(6-8-20)13-4-3-12(9-16)17-10-13/h3-4,10H,5-8,11H2,1-2H3. The van der Waals surface area contributed by atoms with Crippen molar-refractivity contribution < 1.29 is 0 Å². The van der Waals surface area contributed by atoms with Crippen LogP contribution in [-0.2, 0) is 0 Å². The summed E-state index contributed by atoms with van der Waals surface area (Å²) in [4.78, 5) is 13.5. The molecule has 5 nitrogen and oxygen atoms in total. The van der Waals surface area contributed by atoms with Gasteiger partial charge in [0.15, 0.2) is 5.17 Å². The fraction of sp³-hybridized carbons (Fsp3) is 0.533. The summed E-state index contributed by atoms with van der Waals surface area (Å²) in [6.45, 7) is 9.30. The third-order valence-electron chi connectivity index (χ3n) is 3.74. The molecule has 0 aliphatic carbocycles. The normalized spacial score (nSPS) is 21.1. The average Bonchev–Trinajstić information content (AvgIpc) is 2.88. The number of aromatic nitrogens is 1. The molecule has 0 unspecified atom stereocenters. The predicted octanol–water partition coefficient (Wildman–Crippen LogP) is 1.96. The molecule has 3 heterocycles. The zero-order chi connectivity index (χ0) is 14.9. The molecule has 21 heavy (non-hydrogen) atoms. The van der Waals surface area contributed by atoms with Gasteiger partial charge in [0.1, 0.15) is 11.8 Å². The largest absolute Gasteiger partial charge is 0.367 e. The first kappa shape index (κ1) is 14.2. The van der Waals surface area contributed by atoms with Gasteiger partial charge in [-0.2, -0.15) is 5.26 Å². The van der Waals surface area contributed by atoms with E-state index in [2.05, 4.69) is 39.7 Å². The summed E-state index contributed by atoms with van der Waals surface area (Å²) in [5, 5.41) is 9.98. The predicted molar refractivity (Wildman–Crippen MR) is 86.7 cm³/mol. The minimum atomic E-state index is 0.240. The Kier molecular flexibility index (Phi) is 3.77. The number of amidine groups is 1. The summed E-state index contributed by atoms with van der Waals surface area (Å²) >= 11 is 1.89. The van der Waals surface area contributed by atoms with Gasteiger partial charge >= 0.3 is 0 Å². The Morgan fingerprint density at radius 2 is 1.90 bits per heavy atom. The Bertz CT molecular complexity index is 579. The average molecular weight is 301 g/mol. The van der Waals surface area contributed by atoms with Crippen LogP contribution in [-0.4, -0.2) is 52.5 Å². The Morgan fingerprint density at radius 3 is 2.43 bits per heavy atom. The molecule has 1 fully saturated rings. The number of pyridine rings is 1. The highest BCUT2D eigenvalue weighted by atomic mass is 32.2. The number of aliphatic imine (C=N–C) groups is 1. The van der Waals surface area contributed by atoms with Crippen molar-refractivity contribution in [2.75, 3.05) is 37.6 Å². The van der Waals surface area contributed by atoms with Crippen LogP contribution < -0.4 is 4.90 Å². The molecule has 0 atom stereocenters. The van der Waals surface area contributed by atoms with Gasteiger partial charge < -0.3 is 9.80 Å². The molecular weight excluding hydrogens is 282 g/mol. The molecule has 0 spiro atoms. The van der Waals surface area contributed by atoms with Crippen LogP contribution in [0.5, 0.6) is 0 Å². The summed E-state index contributed by atoms with van der Waals surface area (Å²) < 4.78 is 0.240. The van der Waals surface area contributed by atoms with E-state index in [1.165, 1.54) is 5.17 Å². The molecule has 1 aromatic heterocycles. The molecule has 0 aromatic carbocycles. The number of anilines is 1. The lowest BCUT2D eigenvalue weighted by atomic mass is 10.2. The van der Waals surface area contributed by atoms with Crippen LogP contribution in [0, 0.1) is 11.3 Å². The van der Waals surface area contributed by atoms with Crippen molar-refractivity contribution >= 4 is 22.6 Å². The summed E-state index contributed by atoms with van der Waals surface area (Å²) in [7, 11) is 0. The zero-order valence-corrected chi connectivity index (χ0v) is 13.2. The molecule has 0 amide bonds. The lowest BCUT2D eigenvalue weighted by Crippen LogP contribution is -2.48. The van der Waals surface area contributed by atoms with E-state index < -0.39 is 0 Å². The lowest BCUT2D eigenvalue weighted by molar-refractivity contribution is 0.392. The van der Waals surface area contributed by atoms with Gasteiger partial charge in [0.2, 0.25) is 0 Å². The lowest BCUT2D eigenvalue weighted by Gasteiger charge is -2.37. The van der Waals surface area contributed by atoms with Crippen LogP contribution in [0.2, 0.25) is 0 Å². The summed E-state index contributed by atoms with van der Waals surface area (Å²) in [6.07, 6.45) is 1.79. The van der Waals surface area contributed by atoms with Gasteiger partial charge in [-0.05, 0) is 26.0 Å². The number of nitrogens with zero attached hydrogens (tertiary/aromatic N) is 5. The smallest absolute Gasteiger partial charge is 0.159 e. The van der Waals surface area contributed by atoms with Crippen molar-refractivity contribution in [2.24, 2.45) is 4.99 Å². The molecule has 0 radical (unpaired) electrons. The van der Waals surface area contributed by atoms with Gasteiger partial charge in [-0.1, -0.05) is 11.8 Å². The second-order valence-electron chi connectivity index (χ2n) is 5.95. The van der Waals surface area contributed by atoms with Gasteiger partial charge in [0.25, 0.3) is 0 Å². The Labute approximate surface area is 129 Å². The number of hydrogen-bond acceptors (Lipinski definition) is 6. The van der Waals surface area contributed by atoms with Gasteiger partial charge in [-0.3, -0.25) is 4.99 Å². The number of rotatable bonds is 1. The maximum absolute atomic E-state index is 8.79. The molecular formula is C15H19N5S. The second-order valence-corrected chi connectivity index (χ2v) is 7.62. The molecule has 0 bridgehead atoms. The third-order valence-corrected chi connectivity index (χ3v) is 4.99. The Morgan fingerprint density at radius 1 is 1.19 bits per heavy atom. The maximum atomic E-state index is 8.79. The molecule has 1 saturated heterocycles. The van der Waals surface area contributed by atoms with E-state index in [4.69, 9.17) is 5.26 Å². The number of nitriles is 1. The number of piperazine rings is 1. The molecule has 110 valence electrons. The van der Waals surface area contributed by atoms with E-state index in [0.29, 0.717) is 5.69 Å². The van der Waals surface area contributed by atoms with Crippen LogP contribution >= 0.6 is 11.8 Å². The molecule has 0 N–H and O–H groups in total. The van der Waals surface area contributed by atoms with Crippen molar-refractivity contribution in [1.82, 2.24) is 9.88 Å². The van der Waals surface area contributed by atoms with Crippen molar-refractivity contribution in [2.45, 2.75) is 18.6 Å². The molecule has 6 heteroatoms. The van der Waals surface area contributed by atoms with Crippen LogP contribution in [0.4, 0.5) is 5.69 Å². The molecule has 0 saturated carbocycles. The molecule has 1 aromatic rings. The van der Waals surface area contributed by atoms with E-state index in [0.717, 1.165) is 38.4 Å². The van der Waals surface area contributed by atoms with E-state index >= 15 is 0 Å². The highest BCUT2D eigenvalue weighted by Gasteiger charge is 2.31. The van der Waals surface area contributed by atoms with Crippen molar-refractivity contribution in [1.29, 1.82) is 5.26 Å². The van der Waals surface area contributed by atoms with Gasteiger partial charge in [-0.25, -0.2) is 4.98 Å². The first-order chi connectivity index (χ1) is 10.1. The van der Waals surface area contributed by atoms with Gasteiger partial charge in [0.05, 0.1) is 18.4 Å². The van der Waals surface area contributed by atoms with E-state index in [1.807, 2.05) is 17.8 Å². The first-order valence-corrected chi connectivity index (χ1v) is 7.99. The van der Waals surface area contributed by atoms with E-state index in [1.54, 1.807) is 12.3 Å². The monoisotopic (exact) mass is 301 g/mol. The summed E-state index contributed by atoms with van der Waals surface area (Å²) in [5.41, 5.74) is 1.56. The van der Waals surface area contributed by atoms with Gasteiger partial charge in [0, 0.05) is 30.9 Å². The fourth-order valence-electron chi connectivity index (χ4n) is 2.53. The fourth-order valence-corrected chi connectivity index (χ4v) is 3.59. The number of thioether (sulfide) groups is 1. The quantitative estimate of drug-likeness (QED) is 0.793. The maximum Gasteiger partial charge on any atom is 0.159 e. The minimum Gasteiger partial charge on any atom is -0.367 e. The summed E-state index contributed by atoms with van der Waals surface area (Å²) in [6, 6.07) is 5.81. The summed E-state index contributed by atoms with van der Waals surface area (Å²) in [5.74, 6) is 0. The van der Waals surface area contributed by atoms with Gasteiger partial charge in [-0.15, -0.1) is 0 Å². The van der Waals surface area contributed by atoms with Crippen molar-refractivity contribution in [3.8, 4) is 6.07 Å². The minimum absolute atomic E-state index is 0.240. The molecule has 2 aliphatic rings. The van der Waals surface area contributed by atoms with Crippen molar-refractivity contribution in [3.05, 3.63) is 24.0 Å². The molecule has 3 rings (SSSR count). The highest BCUT2D eigenvalue weighted by Crippen LogP contribution is 2.33. The van der Waals surface area contributed by atoms with Crippen LogP contribution in [0.3, 0.4) is 0 Å².